The molecule has 1 heterocycles. The molecule has 1 aromatic heterocycles. The minimum Gasteiger partial charge on any atom is -0.395 e. The molecule has 0 unspecified atom stereocenters. The highest BCUT2D eigenvalue weighted by Crippen LogP contribution is 1.76. The van der Waals surface area contributed by atoms with Crippen molar-refractivity contribution in [2.45, 2.75) is 6.54 Å². The van der Waals surface area contributed by atoms with Crippen LogP contribution in [0.1, 0.15) is 0 Å². The van der Waals surface area contributed by atoms with Crippen molar-refractivity contribution in [2.75, 3.05) is 6.61 Å². The van der Waals surface area contributed by atoms with E-state index in [1.165, 1.54) is 6.20 Å². The van der Waals surface area contributed by atoms with E-state index < -0.39 is 0 Å². The van der Waals surface area contributed by atoms with E-state index in [0.717, 1.165) is 0 Å². The van der Waals surface area contributed by atoms with Crippen LogP contribution >= 0.6 is 0 Å². The van der Waals surface area contributed by atoms with Crippen LogP contribution in [0.5, 0.6) is 0 Å². The Morgan fingerprint density at radius 3 is 3.18 bits per heavy atom. The van der Waals surface area contributed by atoms with Crippen molar-refractivity contribution in [1.29, 1.82) is 0 Å². The van der Waals surface area contributed by atoms with Crippen LogP contribution < -0.4 is 11.3 Å². The number of hydrogen-bond donors (Lipinski definition) is 2. The van der Waals surface area contributed by atoms with Crippen LogP contribution in [0.25, 0.3) is 0 Å². The van der Waals surface area contributed by atoms with Gasteiger partial charge in [0, 0.05) is 18.9 Å². The van der Waals surface area contributed by atoms with E-state index in [4.69, 9.17) is 10.9 Å². The summed E-state index contributed by atoms with van der Waals surface area (Å²) in [7, 11) is 0. The second-order valence-electron chi connectivity index (χ2n) is 1.98. The van der Waals surface area contributed by atoms with Crippen LogP contribution in [0.4, 0.5) is 0 Å². The van der Waals surface area contributed by atoms with Crippen LogP contribution in [0.3, 0.4) is 0 Å². The summed E-state index contributed by atoms with van der Waals surface area (Å²) in [6.07, 6.45) is 4.86. The Morgan fingerprint density at radius 2 is 2.55 bits per heavy atom. The molecule has 0 atom stereocenters. The van der Waals surface area contributed by atoms with Crippen LogP contribution in [-0.4, -0.2) is 21.3 Å². The van der Waals surface area contributed by atoms with Crippen LogP contribution in [0.2, 0.25) is 0 Å². The zero-order valence-electron chi connectivity index (χ0n) is 6.01. The molecule has 0 aliphatic heterocycles. The van der Waals surface area contributed by atoms with E-state index in [1.54, 1.807) is 17.0 Å². The highest BCUT2D eigenvalue weighted by atomic mass is 16.3. The monoisotopic (exact) mass is 154 g/mol. The second-order valence-corrected chi connectivity index (χ2v) is 1.98. The summed E-state index contributed by atoms with van der Waals surface area (Å²) < 4.78 is 1.72. The molecule has 5 heteroatoms. The Bertz CT molecular complexity index is 280. The lowest BCUT2D eigenvalue weighted by Crippen LogP contribution is -2.23. The lowest BCUT2D eigenvalue weighted by molar-refractivity contribution is 0.273. The number of nitrogens with two attached hydrogens (primary N) is 1. The molecule has 0 aliphatic rings. The minimum absolute atomic E-state index is 0.0667. The predicted octanol–water partition coefficient (Wildman–Crippen LogP) is -1.35. The van der Waals surface area contributed by atoms with Gasteiger partial charge in [-0.1, -0.05) is 0 Å². The number of aliphatic hydroxyl groups is 1. The van der Waals surface area contributed by atoms with Crippen molar-refractivity contribution in [1.82, 2.24) is 9.55 Å². The maximum absolute atomic E-state index is 8.62. The standard InChI is InChI=1S/C6H10N4O/c7-9-6-5-8-1-2-10(6)3-4-11/h1-2,5,11H,3-4,7H2. The van der Waals surface area contributed by atoms with Crippen LogP contribution in [0, 0.1) is 0 Å². The van der Waals surface area contributed by atoms with Crippen molar-refractivity contribution in [3.63, 3.8) is 0 Å². The summed E-state index contributed by atoms with van der Waals surface area (Å²) in [6, 6.07) is 0. The Balaban J connectivity index is 3.03. The van der Waals surface area contributed by atoms with Gasteiger partial charge in [0.05, 0.1) is 12.8 Å². The van der Waals surface area contributed by atoms with Gasteiger partial charge in [0.25, 0.3) is 0 Å². The fourth-order valence-electron chi connectivity index (χ4n) is 0.784. The van der Waals surface area contributed by atoms with E-state index in [0.29, 0.717) is 12.0 Å². The van der Waals surface area contributed by atoms with E-state index in [9.17, 15) is 0 Å². The number of rotatable bonds is 2. The van der Waals surface area contributed by atoms with Crippen molar-refractivity contribution in [3.05, 3.63) is 24.1 Å². The lowest BCUT2D eigenvalue weighted by atomic mass is 10.6. The van der Waals surface area contributed by atoms with Gasteiger partial charge in [0.1, 0.15) is 0 Å². The highest BCUT2D eigenvalue weighted by Gasteiger charge is 1.89. The van der Waals surface area contributed by atoms with Gasteiger partial charge in [-0.25, -0.2) is 0 Å². The molecule has 0 radical (unpaired) electrons. The summed E-state index contributed by atoms with van der Waals surface area (Å²) in [4.78, 5) is 3.82. The first-order chi connectivity index (χ1) is 5.38. The normalized spacial score (nSPS) is 11.9. The number of aromatic nitrogens is 2. The van der Waals surface area contributed by atoms with E-state index in [2.05, 4.69) is 10.1 Å². The molecule has 11 heavy (non-hydrogen) atoms. The number of aliphatic hydroxyl groups excluding tert-OH is 1. The topological polar surface area (TPSA) is 76.4 Å². The molecule has 5 nitrogen and oxygen atoms in total. The van der Waals surface area contributed by atoms with E-state index >= 15 is 0 Å². The molecule has 0 saturated heterocycles. The van der Waals surface area contributed by atoms with Crippen LogP contribution in [-0.2, 0) is 6.54 Å². The molecule has 0 spiro atoms. The molecule has 0 aromatic carbocycles. The van der Waals surface area contributed by atoms with Crippen molar-refractivity contribution >= 4 is 0 Å². The van der Waals surface area contributed by atoms with Gasteiger partial charge in [-0.2, -0.15) is 5.10 Å². The highest BCUT2D eigenvalue weighted by molar-refractivity contribution is 4.78. The largest absolute Gasteiger partial charge is 0.395 e. The molecule has 3 N–H and O–H groups in total. The average Bonchev–Trinajstić information content (AvgIpc) is 2.06. The summed E-state index contributed by atoms with van der Waals surface area (Å²) in [5.74, 6) is 5.06. The molecule has 1 aromatic rings. The maximum atomic E-state index is 8.62. The van der Waals surface area contributed by atoms with Gasteiger partial charge in [0.2, 0.25) is 0 Å². The Hall–Kier alpha value is -1.36. The van der Waals surface area contributed by atoms with Gasteiger partial charge in [-0.15, -0.1) is 0 Å². The van der Waals surface area contributed by atoms with Gasteiger partial charge in [-0.05, 0) is 0 Å². The second kappa shape index (κ2) is 3.72. The lowest BCUT2D eigenvalue weighted by Gasteiger charge is -2.01. The van der Waals surface area contributed by atoms with Crippen molar-refractivity contribution in [3.8, 4) is 0 Å². The third-order valence-electron chi connectivity index (χ3n) is 1.29. The fourth-order valence-corrected chi connectivity index (χ4v) is 0.784. The SMILES string of the molecule is NN=c1cnccn1CCO. The van der Waals surface area contributed by atoms with Gasteiger partial charge >= 0.3 is 0 Å². The average molecular weight is 154 g/mol. The summed E-state index contributed by atoms with van der Waals surface area (Å²) >= 11 is 0. The first-order valence-corrected chi connectivity index (χ1v) is 3.23. The predicted molar refractivity (Wildman–Crippen MR) is 39.1 cm³/mol. The summed E-state index contributed by atoms with van der Waals surface area (Å²) in [5, 5.41) is 12.1. The third-order valence-corrected chi connectivity index (χ3v) is 1.29. The molecule has 0 aliphatic carbocycles. The van der Waals surface area contributed by atoms with Gasteiger partial charge in [-0.3, -0.25) is 4.98 Å². The molecule has 0 saturated carbocycles. The Morgan fingerprint density at radius 1 is 1.73 bits per heavy atom. The first kappa shape index (κ1) is 7.74. The van der Waals surface area contributed by atoms with E-state index in [1.807, 2.05) is 0 Å². The first-order valence-electron chi connectivity index (χ1n) is 3.23. The summed E-state index contributed by atoms with van der Waals surface area (Å²) in [5.41, 5.74) is 0.557. The molecule has 0 fully saturated rings. The van der Waals surface area contributed by atoms with Gasteiger partial charge in [0.15, 0.2) is 5.49 Å². The Kier molecular flexibility index (Phi) is 2.62. The smallest absolute Gasteiger partial charge is 0.170 e. The quantitative estimate of drug-likeness (QED) is 0.408. The Labute approximate surface area is 63.8 Å². The minimum atomic E-state index is 0.0667. The number of hydrogen-bond acceptors (Lipinski definition) is 4. The zero-order chi connectivity index (χ0) is 8.10. The zero-order valence-corrected chi connectivity index (χ0v) is 6.01. The van der Waals surface area contributed by atoms with E-state index in [-0.39, 0.29) is 6.61 Å². The molecule has 0 bridgehead atoms. The fraction of sp³-hybridized carbons (Fsp3) is 0.333. The molecule has 1 rings (SSSR count). The number of nitrogens with zero attached hydrogens (tertiary/aromatic N) is 3. The van der Waals surface area contributed by atoms with Crippen molar-refractivity contribution < 1.29 is 5.11 Å². The summed E-state index contributed by atoms with van der Waals surface area (Å²) in [6.45, 7) is 0.551. The molecule has 0 amide bonds. The molecular formula is C6H10N4O. The van der Waals surface area contributed by atoms with Crippen molar-refractivity contribution in [2.24, 2.45) is 10.9 Å². The maximum Gasteiger partial charge on any atom is 0.170 e. The molecule has 60 valence electrons. The van der Waals surface area contributed by atoms with Crippen LogP contribution in [0.15, 0.2) is 23.7 Å². The molecular weight excluding hydrogens is 144 g/mol. The third kappa shape index (κ3) is 1.78. The van der Waals surface area contributed by atoms with Gasteiger partial charge < -0.3 is 15.5 Å².